The molecule has 0 aliphatic heterocycles. The van der Waals surface area contributed by atoms with Crippen molar-refractivity contribution in [3.05, 3.63) is 0 Å². The Labute approximate surface area is 61.8 Å². The Kier molecular flexibility index (Phi) is 1.51. The summed E-state index contributed by atoms with van der Waals surface area (Å²) in [4.78, 5) is 11.1. The van der Waals surface area contributed by atoms with Crippen molar-refractivity contribution in [1.82, 2.24) is 0 Å². The zero-order valence-electron chi connectivity index (χ0n) is 6.31. The van der Waals surface area contributed by atoms with Crippen LogP contribution in [0.2, 0.25) is 0 Å². The van der Waals surface area contributed by atoms with Gasteiger partial charge < -0.3 is 0 Å². The van der Waals surface area contributed by atoms with Gasteiger partial charge in [-0.25, -0.2) is 0 Å². The van der Waals surface area contributed by atoms with Crippen molar-refractivity contribution in [2.24, 2.45) is 11.8 Å². The Morgan fingerprint density at radius 3 is 2.60 bits per heavy atom. The molecule has 0 N–H and O–H groups in total. The summed E-state index contributed by atoms with van der Waals surface area (Å²) in [6.45, 7) is 0. The van der Waals surface area contributed by atoms with Crippen LogP contribution in [-0.4, -0.2) is 5.78 Å². The summed E-state index contributed by atoms with van der Waals surface area (Å²) >= 11 is 0. The minimum absolute atomic E-state index is 0.521. The highest BCUT2D eigenvalue weighted by Gasteiger charge is 2.33. The van der Waals surface area contributed by atoms with E-state index in [1.54, 1.807) is 0 Å². The monoisotopic (exact) mass is 138 g/mol. The second-order valence-corrected chi connectivity index (χ2v) is 3.73. The first-order valence-electron chi connectivity index (χ1n) is 4.38. The predicted octanol–water partition coefficient (Wildman–Crippen LogP) is 2.16. The Morgan fingerprint density at radius 2 is 1.90 bits per heavy atom. The fourth-order valence-corrected chi connectivity index (χ4v) is 2.24. The van der Waals surface area contributed by atoms with Crippen LogP contribution in [0.5, 0.6) is 0 Å². The SMILES string of the molecule is O=C1CCCC2CCC2C1. The lowest BCUT2D eigenvalue weighted by Gasteiger charge is -2.34. The van der Waals surface area contributed by atoms with Gasteiger partial charge in [-0.2, -0.15) is 0 Å². The minimum Gasteiger partial charge on any atom is -0.300 e. The normalized spacial score (nSPS) is 39.8. The lowest BCUT2D eigenvalue weighted by atomic mass is 9.71. The van der Waals surface area contributed by atoms with Gasteiger partial charge >= 0.3 is 0 Å². The van der Waals surface area contributed by atoms with Gasteiger partial charge in [0.05, 0.1) is 0 Å². The van der Waals surface area contributed by atoms with Gasteiger partial charge in [0, 0.05) is 12.8 Å². The molecule has 0 saturated heterocycles. The Hall–Kier alpha value is -0.330. The summed E-state index contributed by atoms with van der Waals surface area (Å²) in [7, 11) is 0. The number of rotatable bonds is 0. The smallest absolute Gasteiger partial charge is 0.133 e. The van der Waals surface area contributed by atoms with Gasteiger partial charge in [-0.15, -0.1) is 0 Å². The molecule has 0 amide bonds. The first-order valence-corrected chi connectivity index (χ1v) is 4.38. The maximum Gasteiger partial charge on any atom is 0.133 e. The minimum atomic E-state index is 0.521. The Bertz CT molecular complexity index is 151. The highest BCUT2D eigenvalue weighted by molar-refractivity contribution is 5.79. The van der Waals surface area contributed by atoms with Crippen LogP contribution in [0.3, 0.4) is 0 Å². The second-order valence-electron chi connectivity index (χ2n) is 3.73. The van der Waals surface area contributed by atoms with E-state index in [1.807, 2.05) is 0 Å². The van der Waals surface area contributed by atoms with Crippen LogP contribution in [0.4, 0.5) is 0 Å². The van der Waals surface area contributed by atoms with Crippen LogP contribution in [0, 0.1) is 11.8 Å². The second kappa shape index (κ2) is 2.37. The molecule has 2 aliphatic rings. The standard InChI is InChI=1S/C9H14O/c10-9-3-1-2-7-4-5-8(7)6-9/h7-8H,1-6H2. The van der Waals surface area contributed by atoms with Crippen LogP contribution in [0.15, 0.2) is 0 Å². The number of hydrogen-bond donors (Lipinski definition) is 0. The molecule has 2 unspecified atom stereocenters. The average Bonchev–Trinajstić information content (AvgIpc) is 1.99. The molecule has 0 spiro atoms. The molecule has 0 aromatic heterocycles. The van der Waals surface area contributed by atoms with Gasteiger partial charge in [-0.1, -0.05) is 0 Å². The van der Waals surface area contributed by atoms with Crippen LogP contribution in [0.25, 0.3) is 0 Å². The van der Waals surface area contributed by atoms with E-state index in [0.717, 1.165) is 24.7 Å². The topological polar surface area (TPSA) is 17.1 Å². The number of ketones is 1. The van der Waals surface area contributed by atoms with Gasteiger partial charge in [0.15, 0.2) is 0 Å². The highest BCUT2D eigenvalue weighted by Crippen LogP contribution is 2.42. The molecule has 0 aromatic carbocycles. The third kappa shape index (κ3) is 0.979. The molecule has 0 bridgehead atoms. The number of carbonyl (C=O) groups excluding carboxylic acids is 1. The average molecular weight is 138 g/mol. The number of Topliss-reactive ketones (excluding diaryl/α,β-unsaturated/α-hetero) is 1. The molecule has 10 heavy (non-hydrogen) atoms. The molecule has 0 radical (unpaired) electrons. The summed E-state index contributed by atoms with van der Waals surface area (Å²) in [6.07, 6.45) is 7.00. The van der Waals surface area contributed by atoms with Gasteiger partial charge in [-0.05, 0) is 37.5 Å². The molecule has 2 saturated carbocycles. The van der Waals surface area contributed by atoms with E-state index in [0.29, 0.717) is 5.78 Å². The van der Waals surface area contributed by atoms with Crippen LogP contribution in [-0.2, 0) is 4.79 Å². The van der Waals surface area contributed by atoms with Crippen LogP contribution < -0.4 is 0 Å². The lowest BCUT2D eigenvalue weighted by molar-refractivity contribution is -0.120. The fraction of sp³-hybridized carbons (Fsp3) is 0.889. The summed E-state index contributed by atoms with van der Waals surface area (Å²) in [5.74, 6) is 2.26. The van der Waals surface area contributed by atoms with Gasteiger partial charge in [0.2, 0.25) is 0 Å². The van der Waals surface area contributed by atoms with E-state index in [2.05, 4.69) is 0 Å². The highest BCUT2D eigenvalue weighted by atomic mass is 16.1. The molecule has 2 aliphatic carbocycles. The van der Waals surface area contributed by atoms with Crippen molar-refractivity contribution in [2.45, 2.75) is 38.5 Å². The quantitative estimate of drug-likeness (QED) is 0.501. The van der Waals surface area contributed by atoms with E-state index >= 15 is 0 Å². The first-order chi connectivity index (χ1) is 4.86. The zero-order valence-corrected chi connectivity index (χ0v) is 6.31. The molecule has 0 heterocycles. The van der Waals surface area contributed by atoms with E-state index in [9.17, 15) is 4.79 Å². The Balaban J connectivity index is 1.99. The summed E-state index contributed by atoms with van der Waals surface area (Å²) in [5, 5.41) is 0. The van der Waals surface area contributed by atoms with Gasteiger partial charge in [0.1, 0.15) is 5.78 Å². The van der Waals surface area contributed by atoms with Crippen molar-refractivity contribution >= 4 is 5.78 Å². The Morgan fingerprint density at radius 1 is 1.10 bits per heavy atom. The number of carbonyl (C=O) groups is 1. The van der Waals surface area contributed by atoms with Crippen LogP contribution >= 0.6 is 0 Å². The molecular formula is C9H14O. The van der Waals surface area contributed by atoms with Crippen molar-refractivity contribution < 1.29 is 4.79 Å². The molecule has 0 aromatic rings. The van der Waals surface area contributed by atoms with Gasteiger partial charge in [0.25, 0.3) is 0 Å². The first kappa shape index (κ1) is 6.38. The van der Waals surface area contributed by atoms with E-state index in [4.69, 9.17) is 0 Å². The third-order valence-electron chi connectivity index (χ3n) is 3.10. The van der Waals surface area contributed by atoms with Crippen LogP contribution in [0.1, 0.15) is 38.5 Å². The predicted molar refractivity (Wildman–Crippen MR) is 39.7 cm³/mol. The molecular weight excluding hydrogens is 124 g/mol. The molecule has 1 heteroatoms. The molecule has 2 fully saturated rings. The van der Waals surface area contributed by atoms with Crippen molar-refractivity contribution in [2.75, 3.05) is 0 Å². The maximum atomic E-state index is 11.1. The third-order valence-corrected chi connectivity index (χ3v) is 3.10. The largest absolute Gasteiger partial charge is 0.300 e. The van der Waals surface area contributed by atoms with E-state index in [-0.39, 0.29) is 0 Å². The molecule has 56 valence electrons. The van der Waals surface area contributed by atoms with Gasteiger partial charge in [-0.3, -0.25) is 4.79 Å². The maximum absolute atomic E-state index is 11.1. The number of fused-ring (bicyclic) bond motifs is 1. The molecule has 2 atom stereocenters. The van der Waals surface area contributed by atoms with Crippen molar-refractivity contribution in [3.63, 3.8) is 0 Å². The fourth-order valence-electron chi connectivity index (χ4n) is 2.24. The van der Waals surface area contributed by atoms with Crippen molar-refractivity contribution in [1.29, 1.82) is 0 Å². The zero-order chi connectivity index (χ0) is 6.97. The molecule has 1 nitrogen and oxygen atoms in total. The summed E-state index contributed by atoms with van der Waals surface area (Å²) < 4.78 is 0. The summed E-state index contributed by atoms with van der Waals surface area (Å²) in [6, 6.07) is 0. The molecule has 2 rings (SSSR count). The van der Waals surface area contributed by atoms with E-state index < -0.39 is 0 Å². The lowest BCUT2D eigenvalue weighted by Crippen LogP contribution is -2.25. The summed E-state index contributed by atoms with van der Waals surface area (Å²) in [5.41, 5.74) is 0. The number of hydrogen-bond acceptors (Lipinski definition) is 1. The van der Waals surface area contributed by atoms with E-state index in [1.165, 1.54) is 25.7 Å². The van der Waals surface area contributed by atoms with Crippen molar-refractivity contribution in [3.8, 4) is 0 Å².